The maximum absolute atomic E-state index is 11.6. The number of piperidine rings is 1. The number of hydrogen-bond donors (Lipinski definition) is 1. The Bertz CT molecular complexity index is 267. The van der Waals surface area contributed by atoms with Crippen molar-refractivity contribution in [1.29, 1.82) is 0 Å². The molecule has 16 heavy (non-hydrogen) atoms. The molecule has 1 saturated heterocycles. The summed E-state index contributed by atoms with van der Waals surface area (Å²) >= 11 is 0. The zero-order valence-electron chi connectivity index (χ0n) is 9.81. The second kappa shape index (κ2) is 5.84. The minimum absolute atomic E-state index is 0.337. The van der Waals surface area contributed by atoms with Crippen molar-refractivity contribution in [3.63, 3.8) is 0 Å². The number of aliphatic carboxylic acids is 1. The summed E-state index contributed by atoms with van der Waals surface area (Å²) in [5, 5.41) is 9.11. The highest BCUT2D eigenvalue weighted by atomic mass is 16.5. The average molecular weight is 229 g/mol. The fraction of sp³-hybridized carbons (Fsp3) is 0.818. The van der Waals surface area contributed by atoms with Crippen molar-refractivity contribution in [2.24, 2.45) is 0 Å². The van der Waals surface area contributed by atoms with E-state index in [9.17, 15) is 9.59 Å². The Labute approximate surface area is 95.4 Å². The van der Waals surface area contributed by atoms with Crippen LogP contribution in [0.25, 0.3) is 0 Å². The molecule has 0 saturated carbocycles. The van der Waals surface area contributed by atoms with Crippen LogP contribution in [0.2, 0.25) is 0 Å². The number of esters is 1. The van der Waals surface area contributed by atoms with E-state index >= 15 is 0 Å². The highest BCUT2D eigenvalue weighted by molar-refractivity contribution is 5.78. The Morgan fingerprint density at radius 3 is 2.69 bits per heavy atom. The third-order valence-corrected chi connectivity index (χ3v) is 3.09. The van der Waals surface area contributed by atoms with Crippen molar-refractivity contribution in [2.45, 2.75) is 44.7 Å². The lowest BCUT2D eigenvalue weighted by Gasteiger charge is -2.37. The number of carboxylic acids is 1. The van der Waals surface area contributed by atoms with Gasteiger partial charge in [0.2, 0.25) is 0 Å². The van der Waals surface area contributed by atoms with Crippen LogP contribution < -0.4 is 0 Å². The molecule has 0 aliphatic carbocycles. The predicted molar refractivity (Wildman–Crippen MR) is 58.1 cm³/mol. The molecule has 0 spiro atoms. The second-order valence-electron chi connectivity index (χ2n) is 4.03. The Kier molecular flexibility index (Phi) is 4.73. The van der Waals surface area contributed by atoms with E-state index in [0.717, 1.165) is 12.8 Å². The number of likely N-dealkylation sites (tertiary alicyclic amines) is 1. The van der Waals surface area contributed by atoms with Crippen LogP contribution in [0.5, 0.6) is 0 Å². The van der Waals surface area contributed by atoms with Crippen LogP contribution in [-0.2, 0) is 14.3 Å². The summed E-state index contributed by atoms with van der Waals surface area (Å²) in [4.78, 5) is 24.4. The summed E-state index contributed by atoms with van der Waals surface area (Å²) in [6.45, 7) is 2.53. The van der Waals surface area contributed by atoms with Crippen LogP contribution in [0.1, 0.15) is 32.6 Å². The maximum Gasteiger partial charge on any atom is 0.323 e. The number of nitrogens with zero attached hydrogens (tertiary/aromatic N) is 1. The lowest BCUT2D eigenvalue weighted by atomic mass is 9.99. The van der Waals surface area contributed by atoms with Gasteiger partial charge in [0.15, 0.2) is 0 Å². The monoisotopic (exact) mass is 229 g/mol. The maximum atomic E-state index is 11.6. The normalized spacial score (nSPS) is 23.8. The fourth-order valence-electron chi connectivity index (χ4n) is 2.26. The molecule has 0 aromatic rings. The molecular formula is C11H19NO4. The van der Waals surface area contributed by atoms with Crippen LogP contribution in [0, 0.1) is 0 Å². The summed E-state index contributed by atoms with van der Waals surface area (Å²) in [6.07, 6.45) is 3.04. The Hall–Kier alpha value is -1.10. The zero-order valence-corrected chi connectivity index (χ0v) is 9.81. The van der Waals surface area contributed by atoms with Gasteiger partial charge in [-0.15, -0.1) is 0 Å². The van der Waals surface area contributed by atoms with Gasteiger partial charge in [0.25, 0.3) is 0 Å². The first-order valence-electron chi connectivity index (χ1n) is 5.68. The smallest absolute Gasteiger partial charge is 0.323 e. The van der Waals surface area contributed by atoms with E-state index in [-0.39, 0.29) is 5.97 Å². The van der Waals surface area contributed by atoms with E-state index in [4.69, 9.17) is 9.84 Å². The summed E-state index contributed by atoms with van der Waals surface area (Å²) in [5.41, 5.74) is 0. The van der Waals surface area contributed by atoms with E-state index in [2.05, 4.69) is 0 Å². The van der Waals surface area contributed by atoms with Crippen molar-refractivity contribution < 1.29 is 19.4 Å². The largest absolute Gasteiger partial charge is 0.480 e. The Balaban J connectivity index is 2.79. The summed E-state index contributed by atoms with van der Waals surface area (Å²) in [5.74, 6) is -1.18. The van der Waals surface area contributed by atoms with Gasteiger partial charge in [-0.3, -0.25) is 14.5 Å². The number of carbonyl (C=O) groups is 2. The highest BCUT2D eigenvalue weighted by Gasteiger charge is 2.36. The Morgan fingerprint density at radius 2 is 2.19 bits per heavy atom. The highest BCUT2D eigenvalue weighted by Crippen LogP contribution is 2.21. The van der Waals surface area contributed by atoms with Crippen molar-refractivity contribution in [3.8, 4) is 0 Å². The molecule has 0 radical (unpaired) electrons. The van der Waals surface area contributed by atoms with E-state index in [1.54, 1.807) is 4.90 Å². The molecule has 1 aliphatic rings. The number of carbonyl (C=O) groups excluding carboxylic acids is 1. The minimum atomic E-state index is -0.845. The molecule has 2 unspecified atom stereocenters. The van der Waals surface area contributed by atoms with E-state index in [1.165, 1.54) is 7.11 Å². The minimum Gasteiger partial charge on any atom is -0.480 e. The SMILES string of the molecule is CCC(C(=O)OC)N1CCCCC1C(=O)O. The van der Waals surface area contributed by atoms with Gasteiger partial charge >= 0.3 is 11.9 Å². The molecule has 92 valence electrons. The molecule has 1 fully saturated rings. The number of hydrogen-bond acceptors (Lipinski definition) is 4. The Morgan fingerprint density at radius 1 is 1.50 bits per heavy atom. The molecule has 1 rings (SSSR count). The van der Waals surface area contributed by atoms with Gasteiger partial charge in [-0.05, 0) is 25.8 Å². The van der Waals surface area contributed by atoms with E-state index in [1.807, 2.05) is 6.92 Å². The average Bonchev–Trinajstić information content (AvgIpc) is 2.30. The molecule has 2 atom stereocenters. The van der Waals surface area contributed by atoms with Crippen LogP contribution in [0.15, 0.2) is 0 Å². The number of ether oxygens (including phenoxy) is 1. The number of carboxylic acid groups (broad SMARTS) is 1. The van der Waals surface area contributed by atoms with Crippen LogP contribution in [-0.4, -0.2) is 47.7 Å². The third-order valence-electron chi connectivity index (χ3n) is 3.09. The first kappa shape index (κ1) is 13.0. The van der Waals surface area contributed by atoms with E-state index < -0.39 is 18.1 Å². The van der Waals surface area contributed by atoms with Crippen molar-refractivity contribution >= 4 is 11.9 Å². The van der Waals surface area contributed by atoms with Gasteiger partial charge in [-0.25, -0.2) is 0 Å². The number of rotatable bonds is 4. The predicted octanol–water partition coefficient (Wildman–Crippen LogP) is 0.877. The lowest BCUT2D eigenvalue weighted by Crippen LogP contribution is -2.53. The molecule has 1 heterocycles. The van der Waals surface area contributed by atoms with Gasteiger partial charge in [0.1, 0.15) is 12.1 Å². The van der Waals surface area contributed by atoms with Crippen molar-refractivity contribution in [3.05, 3.63) is 0 Å². The first-order valence-corrected chi connectivity index (χ1v) is 5.68. The molecular weight excluding hydrogens is 210 g/mol. The van der Waals surface area contributed by atoms with Gasteiger partial charge in [-0.1, -0.05) is 13.3 Å². The summed E-state index contributed by atoms with van der Waals surface area (Å²) < 4.78 is 4.71. The van der Waals surface area contributed by atoms with Gasteiger partial charge < -0.3 is 9.84 Å². The van der Waals surface area contributed by atoms with Crippen LogP contribution >= 0.6 is 0 Å². The molecule has 0 aromatic carbocycles. The molecule has 0 amide bonds. The van der Waals surface area contributed by atoms with Crippen molar-refractivity contribution in [2.75, 3.05) is 13.7 Å². The van der Waals surface area contributed by atoms with Crippen LogP contribution in [0.3, 0.4) is 0 Å². The molecule has 0 aromatic heterocycles. The fourth-order valence-corrected chi connectivity index (χ4v) is 2.26. The second-order valence-corrected chi connectivity index (χ2v) is 4.03. The zero-order chi connectivity index (χ0) is 12.1. The van der Waals surface area contributed by atoms with Gasteiger partial charge in [-0.2, -0.15) is 0 Å². The molecule has 0 bridgehead atoms. The van der Waals surface area contributed by atoms with Crippen LogP contribution in [0.4, 0.5) is 0 Å². The van der Waals surface area contributed by atoms with Crippen molar-refractivity contribution in [1.82, 2.24) is 4.90 Å². The van der Waals surface area contributed by atoms with Gasteiger partial charge in [0.05, 0.1) is 7.11 Å². The standard InChI is InChI=1S/C11H19NO4/c1-3-8(11(15)16-2)12-7-5-4-6-9(12)10(13)14/h8-9H,3-7H2,1-2H3,(H,13,14). The quantitative estimate of drug-likeness (QED) is 0.725. The molecule has 5 nitrogen and oxygen atoms in total. The van der Waals surface area contributed by atoms with E-state index in [0.29, 0.717) is 19.4 Å². The molecule has 1 N–H and O–H groups in total. The lowest BCUT2D eigenvalue weighted by molar-refractivity contribution is -0.154. The third kappa shape index (κ3) is 2.72. The van der Waals surface area contributed by atoms with Gasteiger partial charge in [0, 0.05) is 0 Å². The summed E-state index contributed by atoms with van der Waals surface area (Å²) in [6, 6.07) is -0.968. The summed E-state index contributed by atoms with van der Waals surface area (Å²) in [7, 11) is 1.34. The number of methoxy groups -OCH3 is 1. The molecule has 1 aliphatic heterocycles. The first-order chi connectivity index (χ1) is 7.61. The topological polar surface area (TPSA) is 66.8 Å². The molecule has 5 heteroatoms.